The monoisotopic (exact) mass is 476 g/mol. The fraction of sp³-hybridized carbons (Fsp3) is 1.00. The maximum atomic E-state index is 11.9. The van der Waals surface area contributed by atoms with Crippen molar-refractivity contribution in [3.8, 4) is 0 Å². The van der Waals surface area contributed by atoms with Gasteiger partial charge in [-0.1, -0.05) is 34.6 Å². The average molecular weight is 477 g/mol. The van der Waals surface area contributed by atoms with E-state index in [0.29, 0.717) is 11.8 Å². The molecule has 196 valence electrons. The van der Waals surface area contributed by atoms with Crippen LogP contribution in [0.4, 0.5) is 0 Å². The van der Waals surface area contributed by atoms with Crippen molar-refractivity contribution in [1.29, 1.82) is 0 Å². The van der Waals surface area contributed by atoms with Gasteiger partial charge in [0.05, 0.1) is 29.5 Å². The summed E-state index contributed by atoms with van der Waals surface area (Å²) < 4.78 is 6.83. The Morgan fingerprint density at radius 3 is 2.06 bits per heavy atom. The van der Waals surface area contributed by atoms with Crippen molar-refractivity contribution in [3.05, 3.63) is 0 Å². The highest BCUT2D eigenvalue weighted by atomic mass is 16.5. The normalized spacial score (nSPS) is 58.5. The van der Waals surface area contributed by atoms with Crippen LogP contribution in [0.25, 0.3) is 0 Å². The van der Waals surface area contributed by atoms with Crippen LogP contribution in [0.1, 0.15) is 113 Å². The maximum absolute atomic E-state index is 11.9. The van der Waals surface area contributed by atoms with Crippen LogP contribution >= 0.6 is 0 Å². The molecule has 4 saturated carbocycles. The summed E-state index contributed by atoms with van der Waals surface area (Å²) in [6, 6.07) is 0. The zero-order valence-corrected chi connectivity index (χ0v) is 23.2. The van der Waals surface area contributed by atoms with Crippen LogP contribution in [-0.2, 0) is 4.74 Å². The average Bonchev–Trinajstić information content (AvgIpc) is 3.07. The number of aliphatic hydroxyl groups excluding tert-OH is 3. The highest BCUT2D eigenvalue weighted by Crippen LogP contribution is 2.76. The molecule has 4 heteroatoms. The standard InChI is InChI=1S/C30H52O4/c1-25(2)12-9-13-30(8,34-25)18-10-15-28(6)23(18)19(31)16-21-27(5)14-11-22(33)26(3,4)24(27)20(32)17-29(21,28)7/h18-24,31-33H,9-17H2,1-8H3/t18?,19-,20-,21-,22+,23+,24+,27-,28-,29-,30-/m1/s1. The zero-order valence-electron chi connectivity index (χ0n) is 23.2. The predicted molar refractivity (Wildman–Crippen MR) is 135 cm³/mol. The van der Waals surface area contributed by atoms with Crippen molar-refractivity contribution in [3.63, 3.8) is 0 Å². The van der Waals surface area contributed by atoms with Crippen LogP contribution in [0.5, 0.6) is 0 Å². The Labute approximate surface area is 208 Å². The first-order valence-electron chi connectivity index (χ1n) is 14.3. The molecular formula is C30H52O4. The van der Waals surface area contributed by atoms with Crippen molar-refractivity contribution in [2.75, 3.05) is 0 Å². The number of ether oxygens (including phenoxy) is 1. The van der Waals surface area contributed by atoms with Crippen LogP contribution < -0.4 is 0 Å². The summed E-state index contributed by atoms with van der Waals surface area (Å²) in [6.45, 7) is 18.4. The van der Waals surface area contributed by atoms with Crippen LogP contribution in [0.15, 0.2) is 0 Å². The third-order valence-electron chi connectivity index (χ3n) is 13.0. The summed E-state index contributed by atoms with van der Waals surface area (Å²) in [5, 5.41) is 34.6. The second-order valence-corrected chi connectivity index (χ2v) is 15.5. The molecular weight excluding hydrogens is 424 g/mol. The Hall–Kier alpha value is -0.160. The Bertz CT molecular complexity index is 823. The van der Waals surface area contributed by atoms with Crippen molar-refractivity contribution < 1.29 is 20.1 Å². The van der Waals surface area contributed by atoms with Gasteiger partial charge in [0.1, 0.15) is 0 Å². The highest BCUT2D eigenvalue weighted by Gasteiger charge is 2.73. The smallest absolute Gasteiger partial charge is 0.0693 e. The number of hydrogen-bond acceptors (Lipinski definition) is 4. The lowest BCUT2D eigenvalue weighted by Crippen LogP contribution is -2.70. The molecule has 34 heavy (non-hydrogen) atoms. The fourth-order valence-corrected chi connectivity index (χ4v) is 11.5. The van der Waals surface area contributed by atoms with Crippen molar-refractivity contribution in [1.82, 2.24) is 0 Å². The molecule has 0 amide bonds. The van der Waals surface area contributed by atoms with E-state index in [2.05, 4.69) is 55.4 Å². The maximum Gasteiger partial charge on any atom is 0.0693 e. The summed E-state index contributed by atoms with van der Waals surface area (Å²) in [5.41, 5.74) is -0.739. The Morgan fingerprint density at radius 1 is 0.735 bits per heavy atom. The van der Waals surface area contributed by atoms with Gasteiger partial charge < -0.3 is 20.1 Å². The minimum absolute atomic E-state index is 0.0247. The summed E-state index contributed by atoms with van der Waals surface area (Å²) in [6.07, 6.45) is 7.79. The van der Waals surface area contributed by atoms with E-state index in [4.69, 9.17) is 4.74 Å². The molecule has 0 bridgehead atoms. The molecule has 1 aliphatic heterocycles. The number of rotatable bonds is 1. The molecule has 0 aromatic heterocycles. The third kappa shape index (κ3) is 3.16. The van der Waals surface area contributed by atoms with Crippen molar-refractivity contribution in [2.45, 2.75) is 143 Å². The summed E-state index contributed by atoms with van der Waals surface area (Å²) in [4.78, 5) is 0. The lowest BCUT2D eigenvalue weighted by atomic mass is 9.34. The number of hydrogen-bond donors (Lipinski definition) is 3. The van der Waals surface area contributed by atoms with E-state index in [0.717, 1.165) is 51.4 Å². The Kier molecular flexibility index (Phi) is 5.59. The van der Waals surface area contributed by atoms with Gasteiger partial charge in [0.15, 0.2) is 0 Å². The van der Waals surface area contributed by atoms with E-state index in [-0.39, 0.29) is 56.9 Å². The van der Waals surface area contributed by atoms with E-state index in [1.165, 1.54) is 6.42 Å². The molecule has 0 spiro atoms. The third-order valence-corrected chi connectivity index (χ3v) is 13.0. The predicted octanol–water partition coefficient (Wildman–Crippen LogP) is 5.71. The first-order valence-corrected chi connectivity index (χ1v) is 14.3. The number of aliphatic hydroxyl groups is 3. The van der Waals surface area contributed by atoms with Crippen LogP contribution in [0.3, 0.4) is 0 Å². The molecule has 4 aliphatic carbocycles. The van der Waals surface area contributed by atoms with Crippen molar-refractivity contribution >= 4 is 0 Å². The lowest BCUT2D eigenvalue weighted by Gasteiger charge is -2.71. The van der Waals surface area contributed by atoms with E-state index in [9.17, 15) is 15.3 Å². The summed E-state index contributed by atoms with van der Waals surface area (Å²) >= 11 is 0. The summed E-state index contributed by atoms with van der Waals surface area (Å²) in [5.74, 6) is 0.984. The van der Waals surface area contributed by atoms with E-state index >= 15 is 0 Å². The molecule has 11 atom stereocenters. The molecule has 1 unspecified atom stereocenters. The van der Waals surface area contributed by atoms with Crippen LogP contribution in [-0.4, -0.2) is 44.8 Å². The topological polar surface area (TPSA) is 69.9 Å². The quantitative estimate of drug-likeness (QED) is 0.453. The Morgan fingerprint density at radius 2 is 1.41 bits per heavy atom. The molecule has 4 nitrogen and oxygen atoms in total. The molecule has 1 saturated heterocycles. The highest BCUT2D eigenvalue weighted by molar-refractivity contribution is 5.21. The molecule has 5 aliphatic rings. The van der Waals surface area contributed by atoms with Gasteiger partial charge >= 0.3 is 0 Å². The van der Waals surface area contributed by atoms with Gasteiger partial charge in [-0.05, 0) is 124 Å². The molecule has 5 fully saturated rings. The van der Waals surface area contributed by atoms with Gasteiger partial charge in [-0.3, -0.25) is 0 Å². The second-order valence-electron chi connectivity index (χ2n) is 15.5. The molecule has 0 radical (unpaired) electrons. The molecule has 1 heterocycles. The molecule has 3 N–H and O–H groups in total. The summed E-state index contributed by atoms with van der Waals surface area (Å²) in [7, 11) is 0. The lowest BCUT2D eigenvalue weighted by molar-refractivity contribution is -0.279. The SMILES string of the molecule is CC1(C)CCC[C@](C)(C2CC[C@]3(C)[C@@H]2[C@H](O)C[C@@H]2[C@@]4(C)CC[C@H](O)C(C)(C)[C@@H]4[C@H](O)C[C@]23C)O1. The number of fused-ring (bicyclic) bond motifs is 5. The fourth-order valence-electron chi connectivity index (χ4n) is 11.5. The molecule has 5 rings (SSSR count). The van der Waals surface area contributed by atoms with Gasteiger partial charge in [-0.15, -0.1) is 0 Å². The van der Waals surface area contributed by atoms with E-state index < -0.39 is 6.10 Å². The van der Waals surface area contributed by atoms with Gasteiger partial charge in [-0.2, -0.15) is 0 Å². The molecule has 0 aromatic rings. The minimum Gasteiger partial charge on any atom is -0.393 e. The molecule has 0 aromatic carbocycles. The van der Waals surface area contributed by atoms with Gasteiger partial charge in [0.25, 0.3) is 0 Å². The largest absolute Gasteiger partial charge is 0.393 e. The Balaban J connectivity index is 1.54. The zero-order chi connectivity index (χ0) is 25.1. The van der Waals surface area contributed by atoms with Gasteiger partial charge in [-0.25, -0.2) is 0 Å². The van der Waals surface area contributed by atoms with Crippen LogP contribution in [0, 0.1) is 45.3 Å². The first-order chi connectivity index (χ1) is 15.5. The van der Waals surface area contributed by atoms with Gasteiger partial charge in [0, 0.05) is 0 Å². The minimum atomic E-state index is -0.414. The van der Waals surface area contributed by atoms with Crippen LogP contribution in [0.2, 0.25) is 0 Å². The van der Waals surface area contributed by atoms with Gasteiger partial charge in [0.2, 0.25) is 0 Å². The first kappa shape index (κ1) is 25.5. The van der Waals surface area contributed by atoms with Crippen molar-refractivity contribution in [2.24, 2.45) is 45.3 Å². The second kappa shape index (κ2) is 7.45. The van der Waals surface area contributed by atoms with E-state index in [1.54, 1.807) is 0 Å². The van der Waals surface area contributed by atoms with E-state index in [1.807, 2.05) is 0 Å².